The Labute approximate surface area is 123 Å². The van der Waals surface area contributed by atoms with Crippen molar-refractivity contribution in [1.29, 1.82) is 0 Å². The molecular formula is C14H21N3O2S. The van der Waals surface area contributed by atoms with Gasteiger partial charge in [-0.1, -0.05) is 20.3 Å². The van der Waals surface area contributed by atoms with Crippen LogP contribution in [0.5, 0.6) is 0 Å². The number of hydrogen-bond acceptors (Lipinski definition) is 4. The Kier molecular flexibility index (Phi) is 5.11. The van der Waals surface area contributed by atoms with E-state index in [-0.39, 0.29) is 17.9 Å². The SMILES string of the molecule is CCCC1NC(=O)CCN(Cc2ncc(CC)s2)C1=O. The Morgan fingerprint density at radius 1 is 1.45 bits per heavy atom. The second kappa shape index (κ2) is 6.83. The maximum Gasteiger partial charge on any atom is 0.245 e. The van der Waals surface area contributed by atoms with Gasteiger partial charge in [0.15, 0.2) is 0 Å². The van der Waals surface area contributed by atoms with Crippen molar-refractivity contribution in [1.82, 2.24) is 15.2 Å². The predicted octanol–water partition coefficient (Wildman–Crippen LogP) is 1.72. The summed E-state index contributed by atoms with van der Waals surface area (Å²) in [6, 6.07) is -0.374. The smallest absolute Gasteiger partial charge is 0.245 e. The maximum atomic E-state index is 12.4. The van der Waals surface area contributed by atoms with Crippen molar-refractivity contribution in [2.45, 2.75) is 52.1 Å². The largest absolute Gasteiger partial charge is 0.344 e. The third kappa shape index (κ3) is 3.56. The summed E-state index contributed by atoms with van der Waals surface area (Å²) < 4.78 is 0. The number of aryl methyl sites for hydroxylation is 1. The summed E-state index contributed by atoms with van der Waals surface area (Å²) in [5.41, 5.74) is 0. The second-order valence-corrected chi connectivity index (χ2v) is 6.19. The lowest BCUT2D eigenvalue weighted by Crippen LogP contribution is -2.44. The number of nitrogens with one attached hydrogen (secondary N) is 1. The van der Waals surface area contributed by atoms with Crippen LogP contribution in [-0.4, -0.2) is 34.3 Å². The van der Waals surface area contributed by atoms with Gasteiger partial charge >= 0.3 is 0 Å². The van der Waals surface area contributed by atoms with Crippen molar-refractivity contribution in [3.05, 3.63) is 16.1 Å². The van der Waals surface area contributed by atoms with Gasteiger partial charge in [0.2, 0.25) is 11.8 Å². The Morgan fingerprint density at radius 2 is 2.25 bits per heavy atom. The highest BCUT2D eigenvalue weighted by Crippen LogP contribution is 2.17. The van der Waals surface area contributed by atoms with Crippen LogP contribution in [0.2, 0.25) is 0 Å². The van der Waals surface area contributed by atoms with E-state index < -0.39 is 0 Å². The van der Waals surface area contributed by atoms with Crippen LogP contribution in [0.15, 0.2) is 6.20 Å². The molecule has 20 heavy (non-hydrogen) atoms. The molecule has 2 rings (SSSR count). The predicted molar refractivity (Wildman–Crippen MR) is 78.4 cm³/mol. The van der Waals surface area contributed by atoms with Gasteiger partial charge in [-0.2, -0.15) is 0 Å². The molecule has 1 unspecified atom stereocenters. The first-order valence-corrected chi connectivity index (χ1v) is 7.97. The van der Waals surface area contributed by atoms with E-state index in [1.807, 2.05) is 13.1 Å². The molecule has 0 saturated carbocycles. The van der Waals surface area contributed by atoms with Crippen LogP contribution in [0, 0.1) is 0 Å². The molecule has 6 heteroatoms. The summed E-state index contributed by atoms with van der Waals surface area (Å²) in [7, 11) is 0. The Bertz CT molecular complexity index is 487. The van der Waals surface area contributed by atoms with E-state index in [0.29, 0.717) is 25.9 Å². The van der Waals surface area contributed by atoms with Crippen LogP contribution in [0.4, 0.5) is 0 Å². The molecule has 2 amide bonds. The van der Waals surface area contributed by atoms with E-state index >= 15 is 0 Å². The van der Waals surface area contributed by atoms with Crippen molar-refractivity contribution in [2.24, 2.45) is 0 Å². The van der Waals surface area contributed by atoms with Crippen LogP contribution in [0.25, 0.3) is 0 Å². The highest BCUT2D eigenvalue weighted by Gasteiger charge is 2.29. The fraction of sp³-hybridized carbons (Fsp3) is 0.643. The number of thiazole rings is 1. The summed E-state index contributed by atoms with van der Waals surface area (Å²) in [6.45, 7) is 5.10. The molecule has 1 atom stereocenters. The minimum Gasteiger partial charge on any atom is -0.344 e. The minimum atomic E-state index is -0.374. The van der Waals surface area contributed by atoms with Crippen molar-refractivity contribution >= 4 is 23.2 Å². The molecule has 1 aliphatic heterocycles. The highest BCUT2D eigenvalue weighted by atomic mass is 32.1. The fourth-order valence-electron chi connectivity index (χ4n) is 2.28. The lowest BCUT2D eigenvalue weighted by Gasteiger charge is -2.22. The number of carbonyl (C=O) groups excluding carboxylic acids is 2. The summed E-state index contributed by atoms with van der Waals surface area (Å²) in [5, 5.41) is 3.76. The van der Waals surface area contributed by atoms with Crippen LogP contribution < -0.4 is 5.32 Å². The number of aromatic nitrogens is 1. The van der Waals surface area contributed by atoms with Gasteiger partial charge in [0.05, 0.1) is 6.54 Å². The number of nitrogens with zero attached hydrogens (tertiary/aromatic N) is 2. The van der Waals surface area contributed by atoms with E-state index in [4.69, 9.17) is 0 Å². The van der Waals surface area contributed by atoms with Gasteiger partial charge in [0.25, 0.3) is 0 Å². The summed E-state index contributed by atoms with van der Waals surface area (Å²) >= 11 is 1.64. The van der Waals surface area contributed by atoms with Crippen LogP contribution >= 0.6 is 11.3 Å². The van der Waals surface area contributed by atoms with Crippen molar-refractivity contribution in [2.75, 3.05) is 6.54 Å². The molecule has 5 nitrogen and oxygen atoms in total. The van der Waals surface area contributed by atoms with Crippen molar-refractivity contribution in [3.63, 3.8) is 0 Å². The zero-order chi connectivity index (χ0) is 14.5. The lowest BCUT2D eigenvalue weighted by atomic mass is 10.1. The molecule has 1 aromatic heterocycles. The van der Waals surface area contributed by atoms with Crippen molar-refractivity contribution < 1.29 is 9.59 Å². The fourth-order valence-corrected chi connectivity index (χ4v) is 3.16. The second-order valence-electron chi connectivity index (χ2n) is 4.99. The Hall–Kier alpha value is -1.43. The van der Waals surface area contributed by atoms with Crippen LogP contribution in [-0.2, 0) is 22.6 Å². The molecule has 1 saturated heterocycles. The molecule has 0 aromatic carbocycles. The average Bonchev–Trinajstić information content (AvgIpc) is 2.85. The maximum absolute atomic E-state index is 12.4. The molecule has 0 bridgehead atoms. The van der Waals surface area contributed by atoms with Crippen molar-refractivity contribution in [3.8, 4) is 0 Å². The first kappa shape index (κ1) is 15.0. The Balaban J connectivity index is 2.08. The number of rotatable bonds is 5. The first-order chi connectivity index (χ1) is 9.63. The molecule has 0 aliphatic carbocycles. The van der Waals surface area contributed by atoms with Gasteiger partial charge in [-0.15, -0.1) is 11.3 Å². The van der Waals surface area contributed by atoms with Gasteiger partial charge in [0, 0.05) is 24.0 Å². The summed E-state index contributed by atoms with van der Waals surface area (Å²) in [6.07, 6.45) is 4.78. The molecule has 1 aromatic rings. The molecule has 0 radical (unpaired) electrons. The third-order valence-corrected chi connectivity index (χ3v) is 4.53. The number of amides is 2. The molecule has 1 N–H and O–H groups in total. The lowest BCUT2D eigenvalue weighted by molar-refractivity contribution is -0.134. The number of hydrogen-bond donors (Lipinski definition) is 1. The zero-order valence-corrected chi connectivity index (χ0v) is 12.8. The van der Waals surface area contributed by atoms with E-state index in [0.717, 1.165) is 17.8 Å². The summed E-state index contributed by atoms with van der Waals surface area (Å²) in [4.78, 5) is 31.4. The van der Waals surface area contributed by atoms with Crippen LogP contribution in [0.3, 0.4) is 0 Å². The van der Waals surface area contributed by atoms with Crippen LogP contribution in [0.1, 0.15) is 43.0 Å². The molecule has 110 valence electrons. The average molecular weight is 295 g/mol. The van der Waals surface area contributed by atoms with E-state index in [1.54, 1.807) is 16.2 Å². The standard InChI is InChI=1S/C14H21N3O2S/c1-3-5-11-14(19)17(7-6-12(18)16-11)9-13-15-8-10(4-2)20-13/h8,11H,3-7,9H2,1-2H3,(H,16,18). The van der Waals surface area contributed by atoms with Gasteiger partial charge < -0.3 is 10.2 Å². The van der Waals surface area contributed by atoms with E-state index in [1.165, 1.54) is 4.88 Å². The Morgan fingerprint density at radius 3 is 2.90 bits per heavy atom. The quantitative estimate of drug-likeness (QED) is 0.899. The summed E-state index contributed by atoms with van der Waals surface area (Å²) in [5.74, 6) is -0.0152. The number of carbonyl (C=O) groups is 2. The van der Waals surface area contributed by atoms with E-state index in [9.17, 15) is 9.59 Å². The molecule has 0 spiro atoms. The van der Waals surface area contributed by atoms with Gasteiger partial charge in [-0.25, -0.2) is 4.98 Å². The minimum absolute atomic E-state index is 0.0194. The van der Waals surface area contributed by atoms with Gasteiger partial charge in [-0.05, 0) is 12.8 Å². The zero-order valence-electron chi connectivity index (χ0n) is 12.0. The van der Waals surface area contributed by atoms with Gasteiger partial charge in [0.1, 0.15) is 11.0 Å². The van der Waals surface area contributed by atoms with Gasteiger partial charge in [-0.3, -0.25) is 9.59 Å². The normalized spacial score (nSPS) is 19.9. The molecule has 1 fully saturated rings. The third-order valence-electron chi connectivity index (χ3n) is 3.41. The first-order valence-electron chi connectivity index (χ1n) is 7.15. The molecular weight excluding hydrogens is 274 g/mol. The molecule has 1 aliphatic rings. The highest BCUT2D eigenvalue weighted by molar-refractivity contribution is 7.11. The van der Waals surface area contributed by atoms with E-state index in [2.05, 4.69) is 17.2 Å². The monoisotopic (exact) mass is 295 g/mol. The topological polar surface area (TPSA) is 62.3 Å². The molecule has 2 heterocycles.